The average Bonchev–Trinajstić information content (AvgIpc) is 2.38. The van der Waals surface area contributed by atoms with Gasteiger partial charge in [0, 0.05) is 17.7 Å². The highest BCUT2D eigenvalue weighted by atomic mass is 15.3. The third-order valence-corrected chi connectivity index (χ3v) is 2.45. The number of nitrogens with two attached hydrogens (primary N) is 1. The molecule has 18 heavy (non-hydrogen) atoms. The minimum Gasteiger partial charge on any atom is -0.308 e. The first-order chi connectivity index (χ1) is 8.50. The lowest BCUT2D eigenvalue weighted by Crippen LogP contribution is -2.17. The Morgan fingerprint density at radius 3 is 2.56 bits per heavy atom. The lowest BCUT2D eigenvalue weighted by molar-refractivity contribution is 0.568. The third kappa shape index (κ3) is 2.60. The van der Waals surface area contributed by atoms with E-state index in [1.807, 2.05) is 6.07 Å². The van der Waals surface area contributed by atoms with Crippen molar-refractivity contribution in [3.05, 3.63) is 30.4 Å². The van der Waals surface area contributed by atoms with Crippen LogP contribution in [0, 0.1) is 0 Å². The molecule has 6 heteroatoms. The summed E-state index contributed by atoms with van der Waals surface area (Å²) in [5.74, 6) is 6.55. The molecule has 2 aromatic rings. The smallest absolute Gasteiger partial charge is 0.180 e. The molecule has 94 valence electrons. The highest BCUT2D eigenvalue weighted by Gasteiger charge is 2.18. The molecular weight excluding hydrogens is 228 g/mol. The molecule has 0 amide bonds. The summed E-state index contributed by atoms with van der Waals surface area (Å²) in [5.41, 5.74) is 4.04. The second-order valence-corrected chi connectivity index (χ2v) is 4.95. The van der Waals surface area contributed by atoms with Gasteiger partial charge in [0.05, 0.1) is 5.69 Å². The van der Waals surface area contributed by atoms with Crippen molar-refractivity contribution in [2.75, 3.05) is 5.43 Å². The number of hydrogen-bond acceptors (Lipinski definition) is 6. The molecule has 2 rings (SSSR count). The van der Waals surface area contributed by atoms with Crippen molar-refractivity contribution >= 4 is 5.82 Å². The Labute approximate surface area is 106 Å². The molecule has 0 radical (unpaired) electrons. The Balaban J connectivity index is 2.55. The van der Waals surface area contributed by atoms with Crippen LogP contribution in [0.25, 0.3) is 11.5 Å². The van der Waals surface area contributed by atoms with Crippen LogP contribution in [-0.2, 0) is 5.41 Å². The van der Waals surface area contributed by atoms with E-state index in [2.05, 4.69) is 46.1 Å². The number of nitrogens with zero attached hydrogens (tertiary/aromatic N) is 4. The molecule has 3 N–H and O–H groups in total. The summed E-state index contributed by atoms with van der Waals surface area (Å²) >= 11 is 0. The summed E-state index contributed by atoms with van der Waals surface area (Å²) in [6.45, 7) is 6.25. The molecule has 0 aliphatic rings. The molecule has 0 bridgehead atoms. The standard InChI is InChI=1S/C12H16N6/c1-12(2,3)9-6-10(18-13)17-11(16-9)8-4-5-14-7-15-8/h4-7H,13H2,1-3H3,(H,16,17,18). The summed E-state index contributed by atoms with van der Waals surface area (Å²) in [6.07, 6.45) is 3.13. The molecule has 2 aromatic heterocycles. The number of anilines is 1. The van der Waals surface area contributed by atoms with Crippen LogP contribution in [0.3, 0.4) is 0 Å². The molecule has 0 saturated carbocycles. The number of hydrazine groups is 1. The Hall–Kier alpha value is -2.08. The van der Waals surface area contributed by atoms with Crippen molar-refractivity contribution in [3.63, 3.8) is 0 Å². The van der Waals surface area contributed by atoms with Crippen LogP contribution < -0.4 is 11.3 Å². The third-order valence-electron chi connectivity index (χ3n) is 2.45. The second kappa shape index (κ2) is 4.66. The van der Waals surface area contributed by atoms with E-state index >= 15 is 0 Å². The predicted octanol–water partition coefficient (Wildman–Crippen LogP) is 1.52. The topological polar surface area (TPSA) is 89.6 Å². The van der Waals surface area contributed by atoms with Crippen LogP contribution in [0.5, 0.6) is 0 Å². The molecule has 0 aliphatic carbocycles. The van der Waals surface area contributed by atoms with Crippen molar-refractivity contribution < 1.29 is 0 Å². The zero-order valence-electron chi connectivity index (χ0n) is 10.7. The number of nitrogens with one attached hydrogen (secondary N) is 1. The van der Waals surface area contributed by atoms with E-state index in [1.165, 1.54) is 6.33 Å². The monoisotopic (exact) mass is 244 g/mol. The van der Waals surface area contributed by atoms with Gasteiger partial charge in [-0.3, -0.25) is 0 Å². The number of nitrogen functional groups attached to an aromatic ring is 1. The minimum atomic E-state index is -0.0870. The Kier molecular flexibility index (Phi) is 3.20. The first-order valence-electron chi connectivity index (χ1n) is 5.63. The Bertz CT molecular complexity index is 532. The lowest BCUT2D eigenvalue weighted by Gasteiger charge is -2.19. The minimum absolute atomic E-state index is 0.0870. The molecule has 0 aliphatic heterocycles. The van der Waals surface area contributed by atoms with Crippen molar-refractivity contribution in [2.45, 2.75) is 26.2 Å². The fourth-order valence-corrected chi connectivity index (χ4v) is 1.44. The maximum Gasteiger partial charge on any atom is 0.180 e. The average molecular weight is 244 g/mol. The Morgan fingerprint density at radius 2 is 2.00 bits per heavy atom. The summed E-state index contributed by atoms with van der Waals surface area (Å²) in [7, 11) is 0. The highest BCUT2D eigenvalue weighted by Crippen LogP contribution is 2.24. The number of rotatable bonds is 2. The van der Waals surface area contributed by atoms with Crippen LogP contribution in [0.15, 0.2) is 24.7 Å². The molecule has 0 unspecified atom stereocenters. The van der Waals surface area contributed by atoms with Gasteiger partial charge in [-0.25, -0.2) is 25.8 Å². The van der Waals surface area contributed by atoms with E-state index in [0.717, 1.165) is 5.69 Å². The number of hydrogen-bond donors (Lipinski definition) is 2. The molecule has 0 spiro atoms. The van der Waals surface area contributed by atoms with Gasteiger partial charge in [0.25, 0.3) is 0 Å². The molecule has 0 aromatic carbocycles. The largest absolute Gasteiger partial charge is 0.308 e. The fourth-order valence-electron chi connectivity index (χ4n) is 1.44. The summed E-state index contributed by atoms with van der Waals surface area (Å²) in [6, 6.07) is 3.60. The van der Waals surface area contributed by atoms with Gasteiger partial charge in [0.15, 0.2) is 5.82 Å². The first-order valence-corrected chi connectivity index (χ1v) is 5.63. The summed E-state index contributed by atoms with van der Waals surface area (Å²) in [4.78, 5) is 16.8. The first kappa shape index (κ1) is 12.4. The van der Waals surface area contributed by atoms with E-state index in [0.29, 0.717) is 17.3 Å². The molecule has 6 nitrogen and oxygen atoms in total. The zero-order chi connectivity index (χ0) is 13.2. The fraction of sp³-hybridized carbons (Fsp3) is 0.333. The highest BCUT2D eigenvalue weighted by molar-refractivity contribution is 5.52. The van der Waals surface area contributed by atoms with Crippen molar-refractivity contribution in [1.29, 1.82) is 0 Å². The second-order valence-electron chi connectivity index (χ2n) is 4.95. The molecule has 0 saturated heterocycles. The molecule has 0 fully saturated rings. The maximum atomic E-state index is 5.44. The lowest BCUT2D eigenvalue weighted by atomic mass is 9.92. The van der Waals surface area contributed by atoms with Crippen LogP contribution in [0.4, 0.5) is 5.82 Å². The van der Waals surface area contributed by atoms with Gasteiger partial charge < -0.3 is 5.43 Å². The molecule has 2 heterocycles. The van der Waals surface area contributed by atoms with E-state index in [1.54, 1.807) is 12.3 Å². The summed E-state index contributed by atoms with van der Waals surface area (Å²) < 4.78 is 0. The van der Waals surface area contributed by atoms with Crippen LogP contribution >= 0.6 is 0 Å². The van der Waals surface area contributed by atoms with Crippen LogP contribution in [0.1, 0.15) is 26.5 Å². The van der Waals surface area contributed by atoms with Gasteiger partial charge in [0.1, 0.15) is 17.8 Å². The number of aromatic nitrogens is 4. The van der Waals surface area contributed by atoms with Crippen molar-refractivity contribution in [1.82, 2.24) is 19.9 Å². The molecule has 0 atom stereocenters. The van der Waals surface area contributed by atoms with Crippen LogP contribution in [-0.4, -0.2) is 19.9 Å². The van der Waals surface area contributed by atoms with Gasteiger partial charge in [-0.2, -0.15) is 0 Å². The van der Waals surface area contributed by atoms with Gasteiger partial charge in [-0.15, -0.1) is 0 Å². The normalized spacial score (nSPS) is 11.3. The van der Waals surface area contributed by atoms with E-state index in [4.69, 9.17) is 5.84 Å². The maximum absolute atomic E-state index is 5.44. The molecular formula is C12H16N6. The van der Waals surface area contributed by atoms with E-state index < -0.39 is 0 Å². The zero-order valence-corrected chi connectivity index (χ0v) is 10.7. The van der Waals surface area contributed by atoms with Crippen LogP contribution in [0.2, 0.25) is 0 Å². The SMILES string of the molecule is CC(C)(C)c1cc(NN)nc(-c2ccncn2)n1. The van der Waals surface area contributed by atoms with Gasteiger partial charge in [0.2, 0.25) is 0 Å². The van der Waals surface area contributed by atoms with Crippen molar-refractivity contribution in [3.8, 4) is 11.5 Å². The summed E-state index contributed by atoms with van der Waals surface area (Å²) in [5, 5.41) is 0. The van der Waals surface area contributed by atoms with E-state index in [-0.39, 0.29) is 5.41 Å². The Morgan fingerprint density at radius 1 is 1.22 bits per heavy atom. The quantitative estimate of drug-likeness (QED) is 0.615. The van der Waals surface area contributed by atoms with Gasteiger partial charge >= 0.3 is 0 Å². The predicted molar refractivity (Wildman–Crippen MR) is 69.6 cm³/mol. The van der Waals surface area contributed by atoms with E-state index in [9.17, 15) is 0 Å². The van der Waals surface area contributed by atoms with Gasteiger partial charge in [-0.05, 0) is 6.07 Å². The van der Waals surface area contributed by atoms with Gasteiger partial charge in [-0.1, -0.05) is 20.8 Å². The van der Waals surface area contributed by atoms with Crippen molar-refractivity contribution in [2.24, 2.45) is 5.84 Å².